The molecule has 0 spiro atoms. The van der Waals surface area contributed by atoms with Gasteiger partial charge in [-0.25, -0.2) is 9.67 Å². The van der Waals surface area contributed by atoms with E-state index < -0.39 is 5.95 Å². The number of hydrogen-bond acceptors (Lipinski definition) is 5. The number of carbonyl (C=O) groups is 1. The average molecular weight is 391 g/mol. The third-order valence-corrected chi connectivity index (χ3v) is 5.48. The smallest absolute Gasteiger partial charge is 0.238 e. The maximum Gasteiger partial charge on any atom is 0.238 e. The van der Waals surface area contributed by atoms with Gasteiger partial charge in [-0.05, 0) is 37.1 Å². The van der Waals surface area contributed by atoms with Gasteiger partial charge in [0.15, 0.2) is 5.88 Å². The molecule has 29 heavy (non-hydrogen) atoms. The first-order chi connectivity index (χ1) is 14.0. The van der Waals surface area contributed by atoms with E-state index in [0.717, 1.165) is 16.3 Å². The van der Waals surface area contributed by atoms with Gasteiger partial charge in [-0.1, -0.05) is 11.3 Å². The van der Waals surface area contributed by atoms with Crippen LogP contribution in [0.3, 0.4) is 0 Å². The molecule has 0 saturated heterocycles. The first kappa shape index (κ1) is 17.5. The molecule has 1 N–H and O–H groups in total. The minimum atomic E-state index is -0.612. The van der Waals surface area contributed by atoms with Gasteiger partial charge in [-0.3, -0.25) is 4.79 Å². The Balaban J connectivity index is 1.51. The van der Waals surface area contributed by atoms with Crippen molar-refractivity contribution >= 4 is 16.6 Å². The fourth-order valence-corrected chi connectivity index (χ4v) is 3.90. The zero-order valence-corrected chi connectivity index (χ0v) is 15.7. The van der Waals surface area contributed by atoms with E-state index in [2.05, 4.69) is 15.3 Å². The monoisotopic (exact) mass is 391 g/mol. The van der Waals surface area contributed by atoms with Crippen molar-refractivity contribution < 1.29 is 14.3 Å². The molecule has 1 aliphatic rings. The molecule has 5 rings (SSSR count). The van der Waals surface area contributed by atoms with E-state index in [1.165, 1.54) is 10.9 Å². The molecular formula is C21H18FN5O2. The lowest BCUT2D eigenvalue weighted by Crippen LogP contribution is -2.26. The molecule has 0 amide bonds. The number of carbonyl (C=O) groups excluding carboxylic acids is 1. The minimum Gasteiger partial charge on any atom is -0.494 e. The predicted molar refractivity (Wildman–Crippen MR) is 104 cm³/mol. The molecule has 4 aromatic rings. The highest BCUT2D eigenvalue weighted by Crippen LogP contribution is 2.34. The van der Waals surface area contributed by atoms with E-state index in [-0.39, 0.29) is 23.3 Å². The van der Waals surface area contributed by atoms with Gasteiger partial charge < -0.3 is 9.67 Å². The van der Waals surface area contributed by atoms with E-state index in [1.807, 2.05) is 31.3 Å². The molecule has 0 atom stereocenters. The number of hydrogen-bond donors (Lipinski definition) is 1. The Hall–Kier alpha value is -3.55. The highest BCUT2D eigenvalue weighted by molar-refractivity contribution is 5.91. The van der Waals surface area contributed by atoms with Crippen LogP contribution in [0.2, 0.25) is 0 Å². The Morgan fingerprint density at radius 2 is 2.10 bits per heavy atom. The van der Waals surface area contributed by atoms with Crippen LogP contribution in [0.4, 0.5) is 4.39 Å². The summed E-state index contributed by atoms with van der Waals surface area (Å²) in [5, 5.41) is 20.4. The summed E-state index contributed by atoms with van der Waals surface area (Å²) in [6.07, 6.45) is 4.42. The Bertz CT molecular complexity index is 1250. The van der Waals surface area contributed by atoms with Gasteiger partial charge in [0.2, 0.25) is 5.95 Å². The summed E-state index contributed by atoms with van der Waals surface area (Å²) < 4.78 is 17.3. The van der Waals surface area contributed by atoms with Crippen molar-refractivity contribution in [3.05, 3.63) is 54.4 Å². The van der Waals surface area contributed by atoms with Gasteiger partial charge in [-0.2, -0.15) is 4.39 Å². The van der Waals surface area contributed by atoms with E-state index in [4.69, 9.17) is 0 Å². The number of pyridine rings is 1. The van der Waals surface area contributed by atoms with Crippen molar-refractivity contribution in [2.24, 2.45) is 5.92 Å². The standard InChI is InChI=1S/C21H18FN5O2/c1-12-19(24-25-27(12)18-3-2-6-23-20(18)22)14-4-5-17-15(9-14)11-26(21(17)29)10-13-7-16(28)8-13/h2-6,9,11,13,29H,7-8,10H2,1H3. The highest BCUT2D eigenvalue weighted by Gasteiger charge is 2.27. The van der Waals surface area contributed by atoms with Crippen LogP contribution in [0.5, 0.6) is 5.88 Å². The Labute approximate surface area is 165 Å². The molecule has 0 bridgehead atoms. The summed E-state index contributed by atoms with van der Waals surface area (Å²) in [4.78, 5) is 14.9. The molecule has 3 aromatic heterocycles. The summed E-state index contributed by atoms with van der Waals surface area (Å²) in [6.45, 7) is 2.44. The molecule has 1 aromatic carbocycles. The molecule has 1 saturated carbocycles. The van der Waals surface area contributed by atoms with Crippen molar-refractivity contribution in [2.45, 2.75) is 26.3 Å². The number of ketones is 1. The molecular weight excluding hydrogens is 373 g/mol. The molecule has 1 fully saturated rings. The van der Waals surface area contributed by atoms with Crippen LogP contribution in [0.15, 0.2) is 42.7 Å². The molecule has 1 aliphatic carbocycles. The number of nitrogens with zero attached hydrogens (tertiary/aromatic N) is 5. The normalized spacial score (nSPS) is 14.5. The maximum atomic E-state index is 14.0. The second kappa shape index (κ2) is 6.51. The highest BCUT2D eigenvalue weighted by atomic mass is 19.1. The van der Waals surface area contributed by atoms with E-state index in [9.17, 15) is 14.3 Å². The lowest BCUT2D eigenvalue weighted by atomic mass is 9.84. The van der Waals surface area contributed by atoms with Crippen LogP contribution in [-0.2, 0) is 11.3 Å². The molecule has 8 heteroatoms. The van der Waals surface area contributed by atoms with Gasteiger partial charge in [-0.15, -0.1) is 5.10 Å². The van der Waals surface area contributed by atoms with Crippen LogP contribution in [-0.4, -0.2) is 35.4 Å². The quantitative estimate of drug-likeness (QED) is 0.539. The Kier molecular flexibility index (Phi) is 3.94. The fraction of sp³-hybridized carbons (Fsp3) is 0.238. The largest absolute Gasteiger partial charge is 0.494 e. The van der Waals surface area contributed by atoms with E-state index >= 15 is 0 Å². The lowest BCUT2D eigenvalue weighted by molar-refractivity contribution is -0.127. The van der Waals surface area contributed by atoms with Crippen LogP contribution < -0.4 is 0 Å². The number of halogens is 1. The first-order valence-corrected chi connectivity index (χ1v) is 9.38. The van der Waals surface area contributed by atoms with Crippen molar-refractivity contribution in [2.75, 3.05) is 0 Å². The van der Waals surface area contributed by atoms with Crippen LogP contribution in [0, 0.1) is 18.8 Å². The summed E-state index contributed by atoms with van der Waals surface area (Å²) >= 11 is 0. The van der Waals surface area contributed by atoms with Crippen LogP contribution in [0.25, 0.3) is 27.7 Å². The summed E-state index contributed by atoms with van der Waals surface area (Å²) in [6, 6.07) is 8.87. The molecule has 3 heterocycles. The van der Waals surface area contributed by atoms with Gasteiger partial charge in [0, 0.05) is 48.1 Å². The zero-order chi connectivity index (χ0) is 20.1. The Morgan fingerprint density at radius 1 is 1.28 bits per heavy atom. The first-order valence-electron chi connectivity index (χ1n) is 9.38. The fourth-order valence-electron chi connectivity index (χ4n) is 3.90. The Morgan fingerprint density at radius 3 is 2.86 bits per heavy atom. The van der Waals surface area contributed by atoms with Crippen molar-refractivity contribution in [1.82, 2.24) is 24.5 Å². The van der Waals surface area contributed by atoms with Gasteiger partial charge in [0.1, 0.15) is 17.2 Å². The minimum absolute atomic E-state index is 0.198. The van der Waals surface area contributed by atoms with Crippen molar-refractivity contribution in [1.29, 1.82) is 0 Å². The number of benzene rings is 1. The maximum absolute atomic E-state index is 14.0. The van der Waals surface area contributed by atoms with Gasteiger partial charge >= 0.3 is 0 Å². The average Bonchev–Trinajstić information content (AvgIpc) is 3.21. The lowest BCUT2D eigenvalue weighted by Gasteiger charge is -2.24. The predicted octanol–water partition coefficient (Wildman–Crippen LogP) is 3.42. The van der Waals surface area contributed by atoms with Crippen molar-refractivity contribution in [3.63, 3.8) is 0 Å². The topological polar surface area (TPSA) is 85.8 Å². The van der Waals surface area contributed by atoms with Crippen LogP contribution >= 0.6 is 0 Å². The van der Waals surface area contributed by atoms with E-state index in [1.54, 1.807) is 16.7 Å². The number of aromatic nitrogens is 5. The second-order valence-corrected chi connectivity index (χ2v) is 7.47. The summed E-state index contributed by atoms with van der Waals surface area (Å²) in [7, 11) is 0. The van der Waals surface area contributed by atoms with Gasteiger partial charge in [0.05, 0.1) is 5.69 Å². The van der Waals surface area contributed by atoms with Crippen molar-refractivity contribution in [3.8, 4) is 22.8 Å². The third-order valence-electron chi connectivity index (χ3n) is 5.48. The SMILES string of the molecule is Cc1c(-c2ccc3c(O)n(CC4CC(=O)C4)cc3c2)nnn1-c1cccnc1F. The molecule has 0 aliphatic heterocycles. The van der Waals surface area contributed by atoms with E-state index in [0.29, 0.717) is 30.8 Å². The second-order valence-electron chi connectivity index (χ2n) is 7.47. The number of Topliss-reactive ketones (excluding diaryl/α,β-unsaturated/α-hetero) is 1. The molecule has 146 valence electrons. The van der Waals surface area contributed by atoms with Gasteiger partial charge in [0.25, 0.3) is 0 Å². The third kappa shape index (κ3) is 2.88. The summed E-state index contributed by atoms with van der Waals surface area (Å²) in [5.41, 5.74) is 2.38. The molecule has 7 nitrogen and oxygen atoms in total. The molecule has 0 radical (unpaired) electrons. The zero-order valence-electron chi connectivity index (χ0n) is 15.7. The summed E-state index contributed by atoms with van der Waals surface area (Å²) in [5.74, 6) is 0.144. The molecule has 0 unspecified atom stereocenters. The number of rotatable bonds is 4. The number of fused-ring (bicyclic) bond motifs is 1. The van der Waals surface area contributed by atoms with Crippen LogP contribution in [0.1, 0.15) is 18.5 Å². The number of aromatic hydroxyl groups is 1.